The maximum atomic E-state index is 13.7. The number of pyridine rings is 1. The second-order valence-electron chi connectivity index (χ2n) is 4.30. The lowest BCUT2D eigenvalue weighted by atomic mass is 10.2. The fourth-order valence-electron chi connectivity index (χ4n) is 1.75. The van der Waals surface area contributed by atoms with E-state index in [9.17, 15) is 9.18 Å². The Morgan fingerprint density at radius 1 is 1.55 bits per heavy atom. The molecule has 0 aliphatic rings. The summed E-state index contributed by atoms with van der Waals surface area (Å²) in [6.07, 6.45) is 0.282. The molecule has 0 saturated carbocycles. The summed E-state index contributed by atoms with van der Waals surface area (Å²) in [5.41, 5.74) is 0.337. The summed E-state index contributed by atoms with van der Waals surface area (Å²) in [7, 11) is 1.36. The Kier molecular flexibility index (Phi) is 4.99. The van der Waals surface area contributed by atoms with Gasteiger partial charge in [0, 0.05) is 10.6 Å². The fourth-order valence-corrected chi connectivity index (χ4v) is 3.28. The third kappa shape index (κ3) is 3.49. The average molecular weight is 358 g/mol. The van der Waals surface area contributed by atoms with E-state index in [4.69, 9.17) is 0 Å². The van der Waals surface area contributed by atoms with Crippen LogP contribution in [-0.2, 0) is 9.53 Å². The number of ether oxygens (including phenoxy) is 1. The predicted molar refractivity (Wildman–Crippen MR) is 81.4 cm³/mol. The molecule has 0 spiro atoms. The van der Waals surface area contributed by atoms with Crippen molar-refractivity contribution in [3.05, 3.63) is 34.6 Å². The third-order valence-electron chi connectivity index (χ3n) is 2.71. The summed E-state index contributed by atoms with van der Waals surface area (Å²) in [5.74, 6) is -0.620. The lowest BCUT2D eigenvalue weighted by Crippen LogP contribution is -2.08. The standard InChI is InChI=1S/C14H13BrFNO2S/c1-8(6-12(18)19-2)20-14-10(15)7-9-4-3-5-11(16)13(9)17-14/h3-5,7-8H,6H2,1-2H3. The lowest BCUT2D eigenvalue weighted by molar-refractivity contribution is -0.140. The lowest BCUT2D eigenvalue weighted by Gasteiger charge is -2.11. The second-order valence-corrected chi connectivity index (χ2v) is 6.58. The maximum absolute atomic E-state index is 13.7. The van der Waals surface area contributed by atoms with E-state index in [0.29, 0.717) is 10.5 Å². The third-order valence-corrected chi connectivity index (χ3v) is 4.68. The molecule has 2 rings (SSSR count). The molecular formula is C14H13BrFNO2S. The Bertz CT molecular complexity index is 650. The Hall–Kier alpha value is -1.14. The van der Waals surface area contributed by atoms with Gasteiger partial charge in [0.15, 0.2) is 0 Å². The van der Waals surface area contributed by atoms with Crippen LogP contribution in [0.4, 0.5) is 4.39 Å². The predicted octanol–water partition coefficient (Wildman–Crippen LogP) is 4.18. The van der Waals surface area contributed by atoms with Gasteiger partial charge in [-0.05, 0) is 28.1 Å². The van der Waals surface area contributed by atoms with Gasteiger partial charge in [0.1, 0.15) is 16.4 Å². The van der Waals surface area contributed by atoms with Crippen LogP contribution in [0, 0.1) is 5.82 Å². The molecule has 0 fully saturated rings. The Labute approximate surface area is 129 Å². The molecular weight excluding hydrogens is 345 g/mol. The molecule has 1 atom stereocenters. The number of halogens is 2. The molecule has 0 bridgehead atoms. The van der Waals surface area contributed by atoms with E-state index < -0.39 is 0 Å². The van der Waals surface area contributed by atoms with Crippen LogP contribution in [0.25, 0.3) is 10.9 Å². The molecule has 0 amide bonds. The first-order chi connectivity index (χ1) is 9.51. The number of carbonyl (C=O) groups is 1. The van der Waals surface area contributed by atoms with Crippen LogP contribution >= 0.6 is 27.7 Å². The van der Waals surface area contributed by atoms with Gasteiger partial charge in [-0.15, -0.1) is 11.8 Å². The number of esters is 1. The largest absolute Gasteiger partial charge is 0.469 e. The first kappa shape index (κ1) is 15.3. The topological polar surface area (TPSA) is 39.2 Å². The van der Waals surface area contributed by atoms with Gasteiger partial charge in [0.05, 0.1) is 18.0 Å². The number of thioether (sulfide) groups is 1. The number of hydrogen-bond donors (Lipinski definition) is 0. The fraction of sp³-hybridized carbons (Fsp3) is 0.286. The average Bonchev–Trinajstić information content (AvgIpc) is 2.40. The highest BCUT2D eigenvalue weighted by Gasteiger charge is 2.15. The van der Waals surface area contributed by atoms with Crippen LogP contribution in [0.3, 0.4) is 0 Å². The number of fused-ring (bicyclic) bond motifs is 1. The van der Waals surface area contributed by atoms with Gasteiger partial charge in [-0.2, -0.15) is 0 Å². The van der Waals surface area contributed by atoms with Crippen LogP contribution in [0.2, 0.25) is 0 Å². The summed E-state index contributed by atoms with van der Waals surface area (Å²) in [5, 5.41) is 1.40. The zero-order valence-corrected chi connectivity index (χ0v) is 13.4. The SMILES string of the molecule is COC(=O)CC(C)Sc1nc2c(F)cccc2cc1Br. The Morgan fingerprint density at radius 2 is 2.30 bits per heavy atom. The zero-order valence-electron chi connectivity index (χ0n) is 11.0. The molecule has 6 heteroatoms. The quantitative estimate of drug-likeness (QED) is 0.607. The van der Waals surface area contributed by atoms with E-state index in [2.05, 4.69) is 25.7 Å². The Morgan fingerprint density at radius 3 is 3.00 bits per heavy atom. The molecule has 0 radical (unpaired) electrons. The smallest absolute Gasteiger partial charge is 0.306 e. The van der Waals surface area contributed by atoms with Crippen LogP contribution in [0.15, 0.2) is 33.8 Å². The zero-order chi connectivity index (χ0) is 14.7. The van der Waals surface area contributed by atoms with Gasteiger partial charge < -0.3 is 4.74 Å². The molecule has 0 saturated heterocycles. The van der Waals surface area contributed by atoms with E-state index in [0.717, 1.165) is 9.86 Å². The van der Waals surface area contributed by atoms with Crippen molar-refractivity contribution in [3.63, 3.8) is 0 Å². The highest BCUT2D eigenvalue weighted by atomic mass is 79.9. The molecule has 1 heterocycles. The van der Waals surface area contributed by atoms with E-state index in [1.54, 1.807) is 6.07 Å². The van der Waals surface area contributed by atoms with Crippen molar-refractivity contribution in [1.82, 2.24) is 4.98 Å². The van der Waals surface area contributed by atoms with Crippen molar-refractivity contribution >= 4 is 44.6 Å². The maximum Gasteiger partial charge on any atom is 0.306 e. The van der Waals surface area contributed by atoms with Crippen molar-refractivity contribution in [2.75, 3.05) is 7.11 Å². The van der Waals surface area contributed by atoms with Gasteiger partial charge in [0.2, 0.25) is 0 Å². The van der Waals surface area contributed by atoms with Crippen LogP contribution in [0.5, 0.6) is 0 Å². The van der Waals surface area contributed by atoms with Gasteiger partial charge in [-0.3, -0.25) is 4.79 Å². The Balaban J connectivity index is 2.28. The molecule has 1 aromatic carbocycles. The van der Waals surface area contributed by atoms with Crippen LogP contribution in [0.1, 0.15) is 13.3 Å². The first-order valence-electron chi connectivity index (χ1n) is 5.99. The highest BCUT2D eigenvalue weighted by molar-refractivity contribution is 9.10. The van der Waals surface area contributed by atoms with Crippen molar-refractivity contribution in [1.29, 1.82) is 0 Å². The normalized spacial score (nSPS) is 12.4. The van der Waals surface area contributed by atoms with Crippen LogP contribution < -0.4 is 0 Å². The minimum atomic E-state index is -0.350. The first-order valence-corrected chi connectivity index (χ1v) is 7.66. The molecule has 20 heavy (non-hydrogen) atoms. The highest BCUT2D eigenvalue weighted by Crippen LogP contribution is 2.33. The molecule has 1 aromatic heterocycles. The number of nitrogens with zero attached hydrogens (tertiary/aromatic N) is 1. The van der Waals surface area contributed by atoms with Crippen molar-refractivity contribution < 1.29 is 13.9 Å². The number of methoxy groups -OCH3 is 1. The van der Waals surface area contributed by atoms with E-state index in [1.807, 2.05) is 19.1 Å². The molecule has 106 valence electrons. The number of rotatable bonds is 4. The van der Waals surface area contributed by atoms with E-state index >= 15 is 0 Å². The van der Waals surface area contributed by atoms with Gasteiger partial charge in [-0.1, -0.05) is 19.1 Å². The summed E-state index contributed by atoms with van der Waals surface area (Å²) < 4.78 is 19.2. The molecule has 3 nitrogen and oxygen atoms in total. The number of hydrogen-bond acceptors (Lipinski definition) is 4. The summed E-state index contributed by atoms with van der Waals surface area (Å²) in [6, 6.07) is 6.68. The minimum absolute atomic E-state index is 0.00419. The number of benzene rings is 1. The number of aromatic nitrogens is 1. The van der Waals surface area contributed by atoms with Gasteiger partial charge in [0.25, 0.3) is 0 Å². The second kappa shape index (κ2) is 6.54. The monoisotopic (exact) mass is 357 g/mol. The summed E-state index contributed by atoms with van der Waals surface area (Å²) in [6.45, 7) is 1.90. The minimum Gasteiger partial charge on any atom is -0.469 e. The molecule has 0 aliphatic carbocycles. The van der Waals surface area contributed by atoms with Gasteiger partial charge >= 0.3 is 5.97 Å². The summed E-state index contributed by atoms with van der Waals surface area (Å²) in [4.78, 5) is 15.6. The molecule has 2 aromatic rings. The van der Waals surface area contributed by atoms with E-state index in [-0.39, 0.29) is 23.5 Å². The van der Waals surface area contributed by atoms with Crippen molar-refractivity contribution in [2.24, 2.45) is 0 Å². The van der Waals surface area contributed by atoms with Crippen molar-refractivity contribution in [2.45, 2.75) is 23.6 Å². The molecule has 0 aliphatic heterocycles. The van der Waals surface area contributed by atoms with Crippen molar-refractivity contribution in [3.8, 4) is 0 Å². The summed E-state index contributed by atoms with van der Waals surface area (Å²) >= 11 is 4.84. The molecule has 1 unspecified atom stereocenters. The van der Waals surface area contributed by atoms with E-state index in [1.165, 1.54) is 24.9 Å². The number of para-hydroxylation sites is 1. The number of carbonyl (C=O) groups excluding carboxylic acids is 1. The molecule has 0 N–H and O–H groups in total. The van der Waals surface area contributed by atoms with Crippen LogP contribution in [-0.4, -0.2) is 23.3 Å². The van der Waals surface area contributed by atoms with Gasteiger partial charge in [-0.25, -0.2) is 9.37 Å².